The highest BCUT2D eigenvalue weighted by atomic mass is 16.2. The van der Waals surface area contributed by atoms with E-state index in [4.69, 9.17) is 5.26 Å². The highest BCUT2D eigenvalue weighted by molar-refractivity contribution is 5.81. The van der Waals surface area contributed by atoms with E-state index in [1.54, 1.807) is 35.2 Å². The van der Waals surface area contributed by atoms with E-state index in [2.05, 4.69) is 11.1 Å². The van der Waals surface area contributed by atoms with Crippen molar-refractivity contribution >= 4 is 11.7 Å². The Balaban J connectivity index is 2.80. The second-order valence-corrected chi connectivity index (χ2v) is 3.91. The van der Waals surface area contributed by atoms with Crippen molar-refractivity contribution in [1.82, 2.24) is 9.88 Å². The van der Waals surface area contributed by atoms with Crippen molar-refractivity contribution in [3.63, 3.8) is 0 Å². The topological polar surface area (TPSA) is 60.2 Å². The first kappa shape index (κ1) is 14.0. The van der Waals surface area contributed by atoms with Gasteiger partial charge in [-0.1, -0.05) is 0 Å². The average Bonchev–Trinajstić information content (AvgIpc) is 2.40. The molecule has 0 atom stereocenters. The van der Waals surface area contributed by atoms with Crippen molar-refractivity contribution < 1.29 is 4.79 Å². The van der Waals surface area contributed by atoms with Crippen molar-refractivity contribution in [2.24, 2.45) is 0 Å². The van der Waals surface area contributed by atoms with Gasteiger partial charge in [-0.25, -0.2) is 4.98 Å². The van der Waals surface area contributed by atoms with E-state index in [0.717, 1.165) is 0 Å². The lowest BCUT2D eigenvalue weighted by Crippen LogP contribution is -2.39. The van der Waals surface area contributed by atoms with Gasteiger partial charge in [-0.15, -0.1) is 0 Å². The lowest BCUT2D eigenvalue weighted by Gasteiger charge is -2.24. The Labute approximate surface area is 108 Å². The molecule has 5 nitrogen and oxygen atoms in total. The summed E-state index contributed by atoms with van der Waals surface area (Å²) in [5, 5.41) is 8.99. The van der Waals surface area contributed by atoms with E-state index in [9.17, 15) is 4.79 Å². The van der Waals surface area contributed by atoms with Crippen LogP contribution in [0, 0.1) is 11.3 Å². The molecule has 0 fully saturated rings. The summed E-state index contributed by atoms with van der Waals surface area (Å²) in [6, 6.07) is 5.48. The van der Waals surface area contributed by atoms with Crippen molar-refractivity contribution in [2.75, 3.05) is 31.6 Å². The fourth-order valence-corrected chi connectivity index (χ4v) is 1.74. The highest BCUT2D eigenvalue weighted by Gasteiger charge is 2.15. The van der Waals surface area contributed by atoms with Crippen molar-refractivity contribution in [2.45, 2.75) is 13.8 Å². The van der Waals surface area contributed by atoms with Crippen LogP contribution in [0.1, 0.15) is 19.4 Å². The normalized spacial score (nSPS) is 9.67. The quantitative estimate of drug-likeness (QED) is 0.784. The lowest BCUT2D eigenvalue weighted by atomic mass is 10.2. The second-order valence-electron chi connectivity index (χ2n) is 3.91. The summed E-state index contributed by atoms with van der Waals surface area (Å²) in [7, 11) is 1.77. The summed E-state index contributed by atoms with van der Waals surface area (Å²) in [6.07, 6.45) is 1.62. The summed E-state index contributed by atoms with van der Waals surface area (Å²) in [5.74, 6) is 0.581. The maximum Gasteiger partial charge on any atom is 0.242 e. The van der Waals surface area contributed by atoms with Crippen LogP contribution < -0.4 is 4.90 Å². The van der Waals surface area contributed by atoms with Crippen LogP contribution in [-0.4, -0.2) is 42.5 Å². The molecule has 0 aliphatic rings. The Bertz CT molecular complexity index is 449. The lowest BCUT2D eigenvalue weighted by molar-refractivity contribution is -0.129. The summed E-state index contributed by atoms with van der Waals surface area (Å²) in [6.45, 7) is 5.51. The molecule has 0 N–H and O–H groups in total. The second kappa shape index (κ2) is 6.60. The van der Waals surface area contributed by atoms with Gasteiger partial charge in [-0.2, -0.15) is 5.26 Å². The van der Waals surface area contributed by atoms with Crippen LogP contribution in [0.3, 0.4) is 0 Å². The smallest absolute Gasteiger partial charge is 0.242 e. The van der Waals surface area contributed by atoms with Crippen molar-refractivity contribution in [3.05, 3.63) is 23.9 Å². The molecule has 0 radical (unpaired) electrons. The van der Waals surface area contributed by atoms with Crippen LogP contribution >= 0.6 is 0 Å². The molecule has 1 rings (SSSR count). The van der Waals surface area contributed by atoms with Crippen LogP contribution in [-0.2, 0) is 4.79 Å². The number of carbonyl (C=O) groups is 1. The fraction of sp³-hybridized carbons (Fsp3) is 0.462. The molecule has 0 saturated carbocycles. The molecular formula is C13H18N4O. The first-order chi connectivity index (χ1) is 8.63. The summed E-state index contributed by atoms with van der Waals surface area (Å²) in [5.41, 5.74) is 0.479. The molecule has 0 saturated heterocycles. The van der Waals surface area contributed by atoms with Gasteiger partial charge in [0.2, 0.25) is 5.91 Å². The number of carbonyl (C=O) groups excluding carboxylic acids is 1. The van der Waals surface area contributed by atoms with Crippen LogP contribution in [0.5, 0.6) is 0 Å². The largest absolute Gasteiger partial charge is 0.349 e. The molecule has 18 heavy (non-hydrogen) atoms. The Morgan fingerprint density at radius 1 is 1.44 bits per heavy atom. The number of aromatic nitrogens is 1. The molecule has 0 unspecified atom stereocenters. The van der Waals surface area contributed by atoms with Gasteiger partial charge >= 0.3 is 0 Å². The summed E-state index contributed by atoms with van der Waals surface area (Å²) >= 11 is 0. The Morgan fingerprint density at radius 2 is 2.11 bits per heavy atom. The van der Waals surface area contributed by atoms with Crippen LogP contribution in [0.25, 0.3) is 0 Å². The zero-order valence-corrected chi connectivity index (χ0v) is 11.1. The van der Waals surface area contributed by atoms with Gasteiger partial charge in [-0.05, 0) is 26.0 Å². The van der Waals surface area contributed by atoms with Gasteiger partial charge in [0.25, 0.3) is 0 Å². The van der Waals surface area contributed by atoms with Gasteiger partial charge in [0.15, 0.2) is 0 Å². The maximum absolute atomic E-state index is 12.0. The number of rotatable bonds is 5. The number of anilines is 1. The van der Waals surface area contributed by atoms with Crippen LogP contribution in [0.4, 0.5) is 5.82 Å². The van der Waals surface area contributed by atoms with Gasteiger partial charge in [-0.3, -0.25) is 4.79 Å². The van der Waals surface area contributed by atoms with E-state index in [1.807, 2.05) is 13.8 Å². The monoisotopic (exact) mass is 246 g/mol. The predicted octanol–water partition coefficient (Wildman–Crippen LogP) is 1.26. The van der Waals surface area contributed by atoms with Gasteiger partial charge in [0.1, 0.15) is 11.9 Å². The third-order valence-corrected chi connectivity index (χ3v) is 2.76. The molecule has 5 heteroatoms. The van der Waals surface area contributed by atoms with E-state index < -0.39 is 0 Å². The third kappa shape index (κ3) is 3.20. The van der Waals surface area contributed by atoms with Gasteiger partial charge < -0.3 is 9.80 Å². The van der Waals surface area contributed by atoms with E-state index in [-0.39, 0.29) is 12.5 Å². The van der Waals surface area contributed by atoms with Gasteiger partial charge in [0, 0.05) is 26.3 Å². The molecule has 0 bridgehead atoms. The molecule has 96 valence electrons. The summed E-state index contributed by atoms with van der Waals surface area (Å²) < 4.78 is 0. The highest BCUT2D eigenvalue weighted by Crippen LogP contribution is 2.14. The first-order valence-corrected chi connectivity index (χ1v) is 5.98. The molecule has 1 amide bonds. The molecule has 1 heterocycles. The average molecular weight is 246 g/mol. The van der Waals surface area contributed by atoms with Crippen molar-refractivity contribution in [3.8, 4) is 6.07 Å². The number of pyridine rings is 1. The number of hydrogen-bond acceptors (Lipinski definition) is 4. The Kier molecular flexibility index (Phi) is 5.12. The molecule has 1 aromatic rings. The first-order valence-electron chi connectivity index (χ1n) is 5.98. The molecule has 0 aliphatic carbocycles. The Hall–Kier alpha value is -2.09. The van der Waals surface area contributed by atoms with E-state index >= 15 is 0 Å². The molecule has 0 aromatic carbocycles. The zero-order chi connectivity index (χ0) is 13.5. The molecule has 1 aromatic heterocycles. The zero-order valence-electron chi connectivity index (χ0n) is 11.1. The van der Waals surface area contributed by atoms with Gasteiger partial charge in [0.05, 0.1) is 12.1 Å². The molecule has 0 spiro atoms. The summed E-state index contributed by atoms with van der Waals surface area (Å²) in [4.78, 5) is 19.6. The SMILES string of the molecule is CCN(CC)C(=O)CN(C)c1ncccc1C#N. The number of nitrogens with zero attached hydrogens (tertiary/aromatic N) is 4. The number of likely N-dealkylation sites (N-methyl/N-ethyl adjacent to an activating group) is 2. The van der Waals surface area contributed by atoms with Crippen molar-refractivity contribution in [1.29, 1.82) is 5.26 Å². The van der Waals surface area contributed by atoms with E-state index in [1.165, 1.54) is 0 Å². The number of amides is 1. The number of hydrogen-bond donors (Lipinski definition) is 0. The number of nitriles is 1. The van der Waals surface area contributed by atoms with E-state index in [0.29, 0.717) is 24.5 Å². The molecule has 0 aliphatic heterocycles. The minimum absolute atomic E-state index is 0.0389. The van der Waals surface area contributed by atoms with Crippen LogP contribution in [0.15, 0.2) is 18.3 Å². The fourth-order valence-electron chi connectivity index (χ4n) is 1.74. The molecular weight excluding hydrogens is 228 g/mol. The predicted molar refractivity (Wildman–Crippen MR) is 70.2 cm³/mol. The van der Waals surface area contributed by atoms with Crippen LogP contribution in [0.2, 0.25) is 0 Å². The minimum atomic E-state index is 0.0389. The standard InChI is InChI=1S/C13H18N4O/c1-4-17(5-2)12(18)10-16(3)13-11(9-14)7-6-8-15-13/h6-8H,4-5,10H2,1-3H3. The minimum Gasteiger partial charge on any atom is -0.349 e. The Morgan fingerprint density at radius 3 is 2.67 bits per heavy atom. The maximum atomic E-state index is 12.0. The third-order valence-electron chi connectivity index (χ3n) is 2.76.